The smallest absolute Gasteiger partial charge is 0.328 e. The molecule has 0 aliphatic heterocycles. The van der Waals surface area contributed by atoms with Gasteiger partial charge in [-0.05, 0) is 17.7 Å². The second kappa shape index (κ2) is 6.98. The fourth-order valence-corrected chi connectivity index (χ4v) is 2.00. The predicted octanol–water partition coefficient (Wildman–Crippen LogP) is 0.296. The summed E-state index contributed by atoms with van der Waals surface area (Å²) in [6, 6.07) is 3.02. The van der Waals surface area contributed by atoms with Crippen LogP contribution in [0, 0.1) is 0 Å². The van der Waals surface area contributed by atoms with Gasteiger partial charge in [-0.15, -0.1) is 0 Å². The average Bonchev–Trinajstić information content (AvgIpc) is 2.41. The van der Waals surface area contributed by atoms with Gasteiger partial charge in [-0.3, -0.25) is 9.78 Å². The largest absolute Gasteiger partial charge is 0.478 e. The predicted molar refractivity (Wildman–Crippen MR) is 77.6 cm³/mol. The first-order chi connectivity index (χ1) is 9.69. The number of hydrogen-bond donors (Lipinski definition) is 1. The van der Waals surface area contributed by atoms with E-state index in [0.717, 1.165) is 12.3 Å². The van der Waals surface area contributed by atoms with Crippen molar-refractivity contribution in [3.63, 3.8) is 0 Å². The molecule has 114 valence electrons. The van der Waals surface area contributed by atoms with E-state index in [9.17, 15) is 18.0 Å². The molecule has 1 aromatic rings. The number of nitrogens with zero attached hydrogens (tertiary/aromatic N) is 2. The van der Waals surface area contributed by atoms with E-state index in [0.29, 0.717) is 5.56 Å². The summed E-state index contributed by atoms with van der Waals surface area (Å²) in [7, 11) is -1.64. The van der Waals surface area contributed by atoms with Gasteiger partial charge in [-0.25, -0.2) is 13.2 Å². The molecule has 0 aliphatic carbocycles. The van der Waals surface area contributed by atoms with Crippen LogP contribution in [-0.2, 0) is 14.6 Å². The normalized spacial score (nSPS) is 11.5. The summed E-state index contributed by atoms with van der Waals surface area (Å²) in [5.74, 6) is -1.59. The van der Waals surface area contributed by atoms with Gasteiger partial charge in [0.1, 0.15) is 15.5 Å². The summed E-state index contributed by atoms with van der Waals surface area (Å²) in [6.07, 6.45) is 4.80. The summed E-state index contributed by atoms with van der Waals surface area (Å²) in [6.45, 7) is 0.0833. The Bertz CT molecular complexity index is 650. The summed E-state index contributed by atoms with van der Waals surface area (Å²) in [5, 5.41) is 8.50. The highest BCUT2D eigenvalue weighted by Crippen LogP contribution is 2.05. The van der Waals surface area contributed by atoms with Crippen LogP contribution < -0.4 is 0 Å². The molecule has 1 heterocycles. The molecule has 1 aromatic heterocycles. The molecule has 1 N–H and O–H groups in total. The fourth-order valence-electron chi connectivity index (χ4n) is 1.40. The van der Waals surface area contributed by atoms with Crippen LogP contribution in [-0.4, -0.2) is 60.9 Å². The second-order valence-electron chi connectivity index (χ2n) is 4.50. The molecule has 0 spiro atoms. The molecule has 1 rings (SSSR count). The van der Waals surface area contributed by atoms with Crippen molar-refractivity contribution in [3.8, 4) is 0 Å². The summed E-state index contributed by atoms with van der Waals surface area (Å²) >= 11 is 0. The van der Waals surface area contributed by atoms with Crippen molar-refractivity contribution in [2.24, 2.45) is 0 Å². The molecular formula is C13H16N2O5S. The van der Waals surface area contributed by atoms with Crippen LogP contribution in [0.2, 0.25) is 0 Å². The third-order valence-electron chi connectivity index (χ3n) is 2.57. The van der Waals surface area contributed by atoms with Gasteiger partial charge in [0.2, 0.25) is 0 Å². The Kier molecular flexibility index (Phi) is 5.60. The Labute approximate surface area is 122 Å². The van der Waals surface area contributed by atoms with Gasteiger partial charge in [0, 0.05) is 32.1 Å². The van der Waals surface area contributed by atoms with E-state index in [1.807, 2.05) is 0 Å². The average molecular weight is 312 g/mol. The van der Waals surface area contributed by atoms with E-state index >= 15 is 0 Å². The molecule has 0 unspecified atom stereocenters. The van der Waals surface area contributed by atoms with E-state index in [2.05, 4.69) is 4.98 Å². The minimum absolute atomic E-state index is 0.0833. The maximum absolute atomic E-state index is 12.0. The third-order valence-corrected chi connectivity index (χ3v) is 3.49. The van der Waals surface area contributed by atoms with Gasteiger partial charge in [0.25, 0.3) is 5.91 Å². The molecule has 0 saturated carbocycles. The number of aromatic nitrogens is 1. The maximum Gasteiger partial charge on any atom is 0.328 e. The highest BCUT2D eigenvalue weighted by atomic mass is 32.2. The number of hydrogen-bond acceptors (Lipinski definition) is 5. The SMILES string of the molecule is CN(CCS(C)(=O)=O)C(=O)c1ccc(C=CC(=O)O)cn1. The number of pyridine rings is 1. The molecule has 0 aliphatic rings. The zero-order valence-electron chi connectivity index (χ0n) is 11.7. The van der Waals surface area contributed by atoms with Crippen molar-refractivity contribution < 1.29 is 23.1 Å². The van der Waals surface area contributed by atoms with Crippen molar-refractivity contribution >= 4 is 27.8 Å². The van der Waals surface area contributed by atoms with Gasteiger partial charge in [0.15, 0.2) is 0 Å². The summed E-state index contributed by atoms with van der Waals surface area (Å²) in [5.41, 5.74) is 0.714. The van der Waals surface area contributed by atoms with Crippen LogP contribution in [0.5, 0.6) is 0 Å². The quantitative estimate of drug-likeness (QED) is 0.757. The number of rotatable bonds is 6. The first kappa shape index (κ1) is 16.8. The maximum atomic E-state index is 12.0. The first-order valence-corrected chi connectivity index (χ1v) is 8.05. The van der Waals surface area contributed by atoms with E-state index in [4.69, 9.17) is 5.11 Å². The van der Waals surface area contributed by atoms with E-state index < -0.39 is 21.7 Å². The fraction of sp³-hybridized carbons (Fsp3) is 0.308. The minimum Gasteiger partial charge on any atom is -0.478 e. The molecule has 0 radical (unpaired) electrons. The van der Waals surface area contributed by atoms with Crippen LogP contribution in [0.1, 0.15) is 16.1 Å². The molecule has 0 atom stereocenters. The topological polar surface area (TPSA) is 105 Å². The Hall–Kier alpha value is -2.22. The van der Waals surface area contributed by atoms with Gasteiger partial charge in [0.05, 0.1) is 5.75 Å². The van der Waals surface area contributed by atoms with Crippen LogP contribution in [0.25, 0.3) is 6.08 Å². The Morgan fingerprint density at radius 3 is 2.52 bits per heavy atom. The van der Waals surface area contributed by atoms with Crippen molar-refractivity contribution in [2.75, 3.05) is 25.6 Å². The number of carbonyl (C=O) groups is 2. The second-order valence-corrected chi connectivity index (χ2v) is 6.76. The number of carboxylic acid groups (broad SMARTS) is 1. The summed E-state index contributed by atoms with van der Waals surface area (Å²) in [4.78, 5) is 27.6. The number of carboxylic acids is 1. The van der Waals surface area contributed by atoms with Crippen LogP contribution >= 0.6 is 0 Å². The Morgan fingerprint density at radius 1 is 1.38 bits per heavy atom. The lowest BCUT2D eigenvalue weighted by molar-refractivity contribution is -0.131. The van der Waals surface area contributed by atoms with Crippen molar-refractivity contribution in [3.05, 3.63) is 35.7 Å². The monoisotopic (exact) mass is 312 g/mol. The molecule has 8 heteroatoms. The molecule has 1 amide bonds. The minimum atomic E-state index is -3.14. The van der Waals surface area contributed by atoms with E-state index in [-0.39, 0.29) is 18.0 Å². The van der Waals surface area contributed by atoms with Crippen molar-refractivity contribution in [1.82, 2.24) is 9.88 Å². The van der Waals surface area contributed by atoms with Gasteiger partial charge < -0.3 is 10.0 Å². The zero-order chi connectivity index (χ0) is 16.0. The highest BCUT2D eigenvalue weighted by molar-refractivity contribution is 7.90. The molecule has 0 fully saturated rings. The number of carbonyl (C=O) groups excluding carboxylic acids is 1. The van der Waals surface area contributed by atoms with Crippen LogP contribution in [0.3, 0.4) is 0 Å². The lowest BCUT2D eigenvalue weighted by atomic mass is 10.2. The molecule has 21 heavy (non-hydrogen) atoms. The van der Waals surface area contributed by atoms with Gasteiger partial charge >= 0.3 is 5.97 Å². The van der Waals surface area contributed by atoms with E-state index in [1.54, 1.807) is 6.07 Å². The Morgan fingerprint density at radius 2 is 2.05 bits per heavy atom. The lowest BCUT2D eigenvalue weighted by Crippen LogP contribution is -2.31. The third kappa shape index (κ3) is 6.17. The van der Waals surface area contributed by atoms with Gasteiger partial charge in [-0.1, -0.05) is 6.07 Å². The van der Waals surface area contributed by atoms with Crippen LogP contribution in [0.4, 0.5) is 0 Å². The molecular weight excluding hydrogens is 296 g/mol. The van der Waals surface area contributed by atoms with Crippen molar-refractivity contribution in [1.29, 1.82) is 0 Å². The Balaban J connectivity index is 2.72. The zero-order valence-corrected chi connectivity index (χ0v) is 12.5. The number of aliphatic carboxylic acids is 1. The molecule has 0 saturated heterocycles. The molecule has 0 aromatic carbocycles. The number of amides is 1. The summed E-state index contributed by atoms with van der Waals surface area (Å²) < 4.78 is 22.1. The van der Waals surface area contributed by atoms with E-state index in [1.165, 1.54) is 30.3 Å². The highest BCUT2D eigenvalue weighted by Gasteiger charge is 2.14. The first-order valence-electron chi connectivity index (χ1n) is 5.99. The number of sulfone groups is 1. The van der Waals surface area contributed by atoms with Gasteiger partial charge in [-0.2, -0.15) is 0 Å². The van der Waals surface area contributed by atoms with Crippen molar-refractivity contribution in [2.45, 2.75) is 0 Å². The van der Waals surface area contributed by atoms with Crippen LogP contribution in [0.15, 0.2) is 24.4 Å². The molecule has 0 bridgehead atoms. The molecule has 7 nitrogen and oxygen atoms in total. The lowest BCUT2D eigenvalue weighted by Gasteiger charge is -2.15. The standard InChI is InChI=1S/C13H16N2O5S/c1-15(7-8-21(2,19)20)13(18)11-5-3-10(9-14-11)4-6-12(16)17/h3-6,9H,7-8H2,1-2H3,(H,16,17).